The van der Waals surface area contributed by atoms with Crippen LogP contribution in [0.2, 0.25) is 0 Å². The number of aryl methyl sites for hydroxylation is 1. The van der Waals surface area contributed by atoms with Crippen LogP contribution >= 0.6 is 0 Å². The zero-order valence-corrected chi connectivity index (χ0v) is 12.5. The predicted molar refractivity (Wildman–Crippen MR) is 81.8 cm³/mol. The van der Waals surface area contributed by atoms with Crippen molar-refractivity contribution in [2.75, 3.05) is 25.0 Å². The Bertz CT molecular complexity index is 692. The molecule has 2 aromatic rings. The van der Waals surface area contributed by atoms with E-state index >= 15 is 0 Å². The van der Waals surface area contributed by atoms with Crippen molar-refractivity contribution in [3.8, 4) is 0 Å². The number of carbonyl (C=O) groups excluding carboxylic acids is 2. The van der Waals surface area contributed by atoms with E-state index in [1.807, 2.05) is 18.9 Å². The maximum Gasteiger partial charge on any atom is 0.261 e. The molecule has 1 aromatic carbocycles. The minimum atomic E-state index is -0.237. The molecule has 0 atom stereocenters. The molecular weight excluding hydrogens is 280 g/mol. The summed E-state index contributed by atoms with van der Waals surface area (Å²) in [5.41, 5.74) is 1.93. The average molecular weight is 296 g/mol. The second-order valence-electron chi connectivity index (χ2n) is 5.29. The lowest BCUT2D eigenvalue weighted by atomic mass is 10.1. The number of imide groups is 1. The van der Waals surface area contributed by atoms with Crippen LogP contribution in [-0.4, -0.2) is 46.8 Å². The monoisotopic (exact) mass is 296 g/mol. The molecule has 0 aliphatic carbocycles. The van der Waals surface area contributed by atoms with Crippen LogP contribution in [0.1, 0.15) is 26.3 Å². The molecule has 0 bridgehead atoms. The molecule has 1 aliphatic heterocycles. The highest BCUT2D eigenvalue weighted by molar-refractivity contribution is 6.21. The van der Waals surface area contributed by atoms with E-state index in [0.29, 0.717) is 30.2 Å². The van der Waals surface area contributed by atoms with Crippen LogP contribution in [0.5, 0.6) is 0 Å². The summed E-state index contributed by atoms with van der Waals surface area (Å²) in [6.07, 6.45) is 3.47. The van der Waals surface area contributed by atoms with Gasteiger partial charge in [-0.15, -0.1) is 0 Å². The molecule has 0 radical (unpaired) electrons. The zero-order chi connectivity index (χ0) is 15.7. The van der Waals surface area contributed by atoms with Gasteiger partial charge in [-0.25, -0.2) is 9.97 Å². The van der Waals surface area contributed by atoms with E-state index in [1.165, 1.54) is 4.90 Å². The molecule has 22 heavy (non-hydrogen) atoms. The molecule has 0 unspecified atom stereocenters. The van der Waals surface area contributed by atoms with Crippen LogP contribution in [0.4, 0.5) is 5.95 Å². The Morgan fingerprint density at radius 2 is 1.59 bits per heavy atom. The maximum atomic E-state index is 12.3. The number of carbonyl (C=O) groups is 2. The molecule has 0 N–H and O–H groups in total. The third-order valence-electron chi connectivity index (χ3n) is 3.65. The van der Waals surface area contributed by atoms with E-state index in [4.69, 9.17) is 0 Å². The molecule has 0 saturated carbocycles. The summed E-state index contributed by atoms with van der Waals surface area (Å²) >= 11 is 0. The van der Waals surface area contributed by atoms with Gasteiger partial charge in [-0.05, 0) is 24.6 Å². The van der Waals surface area contributed by atoms with Gasteiger partial charge >= 0.3 is 0 Å². The largest absolute Gasteiger partial charge is 0.342 e. The van der Waals surface area contributed by atoms with Crippen molar-refractivity contribution >= 4 is 17.8 Å². The summed E-state index contributed by atoms with van der Waals surface area (Å²) in [6.45, 7) is 2.71. The lowest BCUT2D eigenvalue weighted by Gasteiger charge is -2.20. The van der Waals surface area contributed by atoms with E-state index in [-0.39, 0.29) is 11.8 Å². The number of aromatic nitrogens is 2. The number of anilines is 1. The average Bonchev–Trinajstić information content (AvgIpc) is 2.78. The van der Waals surface area contributed by atoms with Gasteiger partial charge in [0.1, 0.15) is 0 Å². The Balaban J connectivity index is 1.69. The molecule has 6 heteroatoms. The highest BCUT2D eigenvalue weighted by Gasteiger charge is 2.34. The zero-order valence-electron chi connectivity index (χ0n) is 12.5. The normalized spacial score (nSPS) is 13.5. The molecule has 2 amide bonds. The van der Waals surface area contributed by atoms with Gasteiger partial charge in [0.2, 0.25) is 5.95 Å². The van der Waals surface area contributed by atoms with Crippen molar-refractivity contribution in [2.45, 2.75) is 6.92 Å². The fourth-order valence-corrected chi connectivity index (χ4v) is 2.38. The van der Waals surface area contributed by atoms with Gasteiger partial charge in [0.25, 0.3) is 11.8 Å². The number of hydrogen-bond donors (Lipinski definition) is 0. The quantitative estimate of drug-likeness (QED) is 0.800. The first kappa shape index (κ1) is 14.2. The highest BCUT2D eigenvalue weighted by atomic mass is 16.2. The van der Waals surface area contributed by atoms with Crippen LogP contribution in [-0.2, 0) is 0 Å². The Morgan fingerprint density at radius 3 is 2.14 bits per heavy atom. The molecule has 0 fully saturated rings. The van der Waals surface area contributed by atoms with E-state index < -0.39 is 0 Å². The second-order valence-corrected chi connectivity index (χ2v) is 5.29. The summed E-state index contributed by atoms with van der Waals surface area (Å²) in [5, 5.41) is 0. The van der Waals surface area contributed by atoms with Crippen molar-refractivity contribution in [3.63, 3.8) is 0 Å². The van der Waals surface area contributed by atoms with E-state index in [9.17, 15) is 9.59 Å². The summed E-state index contributed by atoms with van der Waals surface area (Å²) < 4.78 is 0. The number of rotatable bonds is 4. The number of likely N-dealkylation sites (N-methyl/N-ethyl adjacent to an activating group) is 1. The van der Waals surface area contributed by atoms with Crippen molar-refractivity contribution in [3.05, 3.63) is 53.3 Å². The van der Waals surface area contributed by atoms with Crippen molar-refractivity contribution in [1.29, 1.82) is 0 Å². The van der Waals surface area contributed by atoms with Crippen molar-refractivity contribution in [2.24, 2.45) is 0 Å². The van der Waals surface area contributed by atoms with E-state index in [2.05, 4.69) is 9.97 Å². The Kier molecular flexibility index (Phi) is 3.58. The molecule has 112 valence electrons. The van der Waals surface area contributed by atoms with Gasteiger partial charge < -0.3 is 4.90 Å². The SMILES string of the molecule is Cc1cnc(N(C)CCN2C(=O)c3ccccc3C2=O)nc1. The van der Waals surface area contributed by atoms with Crippen LogP contribution in [0.15, 0.2) is 36.7 Å². The first-order chi connectivity index (χ1) is 10.6. The molecule has 1 aromatic heterocycles. The Labute approximate surface area is 128 Å². The molecule has 0 spiro atoms. The molecule has 3 rings (SSSR count). The van der Waals surface area contributed by atoms with Gasteiger partial charge in [-0.1, -0.05) is 12.1 Å². The van der Waals surface area contributed by atoms with Gasteiger partial charge in [0.15, 0.2) is 0 Å². The Hall–Kier alpha value is -2.76. The highest BCUT2D eigenvalue weighted by Crippen LogP contribution is 2.22. The number of fused-ring (bicyclic) bond motifs is 1. The summed E-state index contributed by atoms with van der Waals surface area (Å²) in [4.78, 5) is 36.1. The molecular formula is C16H16N4O2. The van der Waals surface area contributed by atoms with Crippen LogP contribution in [0.3, 0.4) is 0 Å². The molecule has 0 saturated heterocycles. The number of hydrogen-bond acceptors (Lipinski definition) is 5. The smallest absolute Gasteiger partial charge is 0.261 e. The third-order valence-corrected chi connectivity index (χ3v) is 3.65. The molecule has 1 aliphatic rings. The van der Waals surface area contributed by atoms with Gasteiger partial charge in [-0.2, -0.15) is 0 Å². The van der Waals surface area contributed by atoms with Crippen molar-refractivity contribution in [1.82, 2.24) is 14.9 Å². The number of benzene rings is 1. The van der Waals surface area contributed by atoms with Crippen LogP contribution < -0.4 is 4.90 Å². The topological polar surface area (TPSA) is 66.4 Å². The standard InChI is InChI=1S/C16H16N4O2/c1-11-9-17-16(18-10-11)19(2)7-8-20-14(21)12-5-3-4-6-13(12)15(20)22/h3-6,9-10H,7-8H2,1-2H3. The molecule has 2 heterocycles. The lowest BCUT2D eigenvalue weighted by molar-refractivity contribution is 0.0658. The van der Waals surface area contributed by atoms with Crippen molar-refractivity contribution < 1.29 is 9.59 Å². The minimum Gasteiger partial charge on any atom is -0.342 e. The summed E-state index contributed by atoms with van der Waals surface area (Å²) in [7, 11) is 1.84. The van der Waals surface area contributed by atoms with Gasteiger partial charge in [0.05, 0.1) is 11.1 Å². The summed E-state index contributed by atoms with van der Waals surface area (Å²) in [6, 6.07) is 6.89. The first-order valence-electron chi connectivity index (χ1n) is 7.03. The summed E-state index contributed by atoms with van der Waals surface area (Å²) in [5.74, 6) is 0.0971. The van der Waals surface area contributed by atoms with Gasteiger partial charge in [0, 0.05) is 32.5 Å². The van der Waals surface area contributed by atoms with Crippen LogP contribution in [0, 0.1) is 6.92 Å². The molecule has 6 nitrogen and oxygen atoms in total. The van der Waals surface area contributed by atoms with Gasteiger partial charge in [-0.3, -0.25) is 14.5 Å². The fourth-order valence-electron chi connectivity index (χ4n) is 2.38. The minimum absolute atomic E-state index is 0.237. The number of nitrogens with zero attached hydrogens (tertiary/aromatic N) is 4. The lowest BCUT2D eigenvalue weighted by Crippen LogP contribution is -2.37. The third kappa shape index (κ3) is 2.43. The second kappa shape index (κ2) is 5.55. The maximum absolute atomic E-state index is 12.3. The first-order valence-corrected chi connectivity index (χ1v) is 7.03. The number of amides is 2. The Morgan fingerprint density at radius 1 is 1.05 bits per heavy atom. The van der Waals surface area contributed by atoms with E-state index in [1.54, 1.807) is 36.7 Å². The fraction of sp³-hybridized carbons (Fsp3) is 0.250. The van der Waals surface area contributed by atoms with E-state index in [0.717, 1.165) is 5.56 Å². The predicted octanol–water partition coefficient (Wildman–Crippen LogP) is 1.52. The van der Waals surface area contributed by atoms with Crippen LogP contribution in [0.25, 0.3) is 0 Å².